The quantitative estimate of drug-likeness (QED) is 0.531. The Labute approximate surface area is 163 Å². The Morgan fingerprint density at radius 2 is 1.68 bits per heavy atom. The second-order valence-corrected chi connectivity index (χ2v) is 6.71. The van der Waals surface area contributed by atoms with Crippen molar-refractivity contribution in [3.05, 3.63) is 23.8 Å². The van der Waals surface area contributed by atoms with Gasteiger partial charge in [0.15, 0.2) is 11.5 Å². The normalized spacial score (nSPS) is 15.3. The number of carboxylic acids is 2. The molecule has 1 aromatic rings. The number of amides is 1. The van der Waals surface area contributed by atoms with Crippen LogP contribution in [0.15, 0.2) is 18.2 Å². The Morgan fingerprint density at radius 1 is 1.00 bits per heavy atom. The standard InChI is InChI=1S/C17H24N2O3.C2H2O4/c20-17(19-10-13-4-2-1-3-5-13)11-18-9-14-6-7-15-16(8-14)22-12-21-15;3-1(4)2(5)6/h6-8,13,18H,1-5,9-12H2,(H,19,20);(H,3,4)(H,5,6). The summed E-state index contributed by atoms with van der Waals surface area (Å²) in [5, 5.41) is 21.0. The van der Waals surface area contributed by atoms with E-state index in [1.807, 2.05) is 18.2 Å². The van der Waals surface area contributed by atoms with Gasteiger partial charge in [0.05, 0.1) is 6.54 Å². The maximum atomic E-state index is 11.8. The average Bonchev–Trinajstić information content (AvgIpc) is 3.15. The number of aliphatic carboxylic acids is 2. The van der Waals surface area contributed by atoms with Gasteiger partial charge in [-0.15, -0.1) is 0 Å². The first-order valence-corrected chi connectivity index (χ1v) is 9.28. The summed E-state index contributed by atoms with van der Waals surface area (Å²) in [4.78, 5) is 30.0. The van der Waals surface area contributed by atoms with Crippen LogP contribution in [0.4, 0.5) is 0 Å². The molecule has 0 atom stereocenters. The zero-order valence-electron chi connectivity index (χ0n) is 15.6. The molecule has 2 aliphatic rings. The molecule has 1 saturated carbocycles. The molecule has 0 aromatic heterocycles. The van der Waals surface area contributed by atoms with Crippen LogP contribution in [0.3, 0.4) is 0 Å². The first kappa shape index (κ1) is 21.5. The third-order valence-electron chi connectivity index (χ3n) is 4.55. The van der Waals surface area contributed by atoms with E-state index >= 15 is 0 Å². The number of rotatable bonds is 6. The van der Waals surface area contributed by atoms with Gasteiger partial charge in [0, 0.05) is 13.1 Å². The van der Waals surface area contributed by atoms with Crippen LogP contribution in [-0.2, 0) is 20.9 Å². The number of ether oxygens (including phenoxy) is 2. The van der Waals surface area contributed by atoms with Crippen LogP contribution in [0.25, 0.3) is 0 Å². The zero-order chi connectivity index (χ0) is 20.4. The van der Waals surface area contributed by atoms with E-state index in [4.69, 9.17) is 29.3 Å². The summed E-state index contributed by atoms with van der Waals surface area (Å²) in [6, 6.07) is 5.85. The van der Waals surface area contributed by atoms with Gasteiger partial charge >= 0.3 is 11.9 Å². The molecular formula is C19H26N2O7. The Hall–Kier alpha value is -2.81. The molecule has 9 heteroatoms. The van der Waals surface area contributed by atoms with Crippen molar-refractivity contribution < 1.29 is 34.1 Å². The fourth-order valence-electron chi connectivity index (χ4n) is 3.08. The SMILES string of the molecule is O=C(CNCc1ccc2c(c1)OCO2)NCC1CCCCC1.O=C(O)C(=O)O. The molecule has 1 heterocycles. The van der Waals surface area contributed by atoms with Gasteiger partial charge in [-0.25, -0.2) is 9.59 Å². The fraction of sp³-hybridized carbons (Fsp3) is 0.526. The Kier molecular flexibility index (Phi) is 8.54. The van der Waals surface area contributed by atoms with Gasteiger partial charge < -0.3 is 30.3 Å². The lowest BCUT2D eigenvalue weighted by molar-refractivity contribution is -0.159. The largest absolute Gasteiger partial charge is 0.473 e. The minimum atomic E-state index is -1.82. The summed E-state index contributed by atoms with van der Waals surface area (Å²) in [5.74, 6) is -1.34. The van der Waals surface area contributed by atoms with Crippen LogP contribution in [0, 0.1) is 5.92 Å². The van der Waals surface area contributed by atoms with Crippen molar-refractivity contribution in [1.29, 1.82) is 0 Å². The smallest absolute Gasteiger partial charge is 0.414 e. The Bertz CT molecular complexity index is 675. The van der Waals surface area contributed by atoms with Crippen molar-refractivity contribution in [2.75, 3.05) is 19.9 Å². The summed E-state index contributed by atoms with van der Waals surface area (Å²) in [7, 11) is 0. The lowest BCUT2D eigenvalue weighted by Gasteiger charge is -2.21. The van der Waals surface area contributed by atoms with Crippen LogP contribution in [-0.4, -0.2) is 47.9 Å². The maximum Gasteiger partial charge on any atom is 0.414 e. The number of hydrogen-bond acceptors (Lipinski definition) is 6. The molecule has 1 fully saturated rings. The van der Waals surface area contributed by atoms with E-state index in [0.717, 1.165) is 23.6 Å². The summed E-state index contributed by atoms with van der Waals surface area (Å²) < 4.78 is 10.6. The van der Waals surface area contributed by atoms with Gasteiger partial charge in [0.25, 0.3) is 0 Å². The molecule has 1 aliphatic heterocycles. The average molecular weight is 394 g/mol. The molecule has 0 saturated heterocycles. The van der Waals surface area contributed by atoms with Gasteiger partial charge in [-0.05, 0) is 36.5 Å². The van der Waals surface area contributed by atoms with Gasteiger partial charge in [0.2, 0.25) is 12.7 Å². The molecule has 154 valence electrons. The minimum absolute atomic E-state index is 0.0753. The highest BCUT2D eigenvalue weighted by atomic mass is 16.7. The van der Waals surface area contributed by atoms with E-state index in [9.17, 15) is 4.79 Å². The maximum absolute atomic E-state index is 11.8. The number of carboxylic acid groups (broad SMARTS) is 2. The number of benzene rings is 1. The molecule has 0 bridgehead atoms. The number of nitrogens with one attached hydrogen (secondary N) is 2. The zero-order valence-corrected chi connectivity index (χ0v) is 15.6. The van der Waals surface area contributed by atoms with Crippen LogP contribution in [0.2, 0.25) is 0 Å². The predicted molar refractivity (Wildman–Crippen MR) is 99.1 cm³/mol. The van der Waals surface area contributed by atoms with Crippen LogP contribution >= 0.6 is 0 Å². The molecule has 0 spiro atoms. The molecule has 4 N–H and O–H groups in total. The van der Waals surface area contributed by atoms with E-state index in [2.05, 4.69) is 10.6 Å². The molecule has 3 rings (SSSR count). The van der Waals surface area contributed by atoms with Gasteiger partial charge in [0.1, 0.15) is 0 Å². The van der Waals surface area contributed by atoms with Crippen molar-refractivity contribution in [1.82, 2.24) is 10.6 Å². The van der Waals surface area contributed by atoms with E-state index in [0.29, 0.717) is 19.0 Å². The monoisotopic (exact) mass is 394 g/mol. The van der Waals surface area contributed by atoms with Crippen molar-refractivity contribution in [3.8, 4) is 11.5 Å². The van der Waals surface area contributed by atoms with E-state index in [1.165, 1.54) is 32.1 Å². The Balaban J connectivity index is 0.000000409. The lowest BCUT2D eigenvalue weighted by Crippen LogP contribution is -2.36. The summed E-state index contributed by atoms with van der Waals surface area (Å²) in [5.41, 5.74) is 1.09. The molecule has 1 aromatic carbocycles. The number of carbonyl (C=O) groups is 3. The second-order valence-electron chi connectivity index (χ2n) is 6.71. The number of carbonyl (C=O) groups excluding carboxylic acids is 1. The van der Waals surface area contributed by atoms with E-state index in [-0.39, 0.29) is 12.7 Å². The summed E-state index contributed by atoms with van der Waals surface area (Å²) in [6.45, 7) is 2.11. The molecule has 9 nitrogen and oxygen atoms in total. The van der Waals surface area contributed by atoms with Crippen molar-refractivity contribution in [3.63, 3.8) is 0 Å². The Morgan fingerprint density at radius 3 is 2.36 bits per heavy atom. The highest BCUT2D eigenvalue weighted by molar-refractivity contribution is 6.27. The van der Waals surface area contributed by atoms with Crippen LogP contribution < -0.4 is 20.1 Å². The van der Waals surface area contributed by atoms with Crippen LogP contribution in [0.1, 0.15) is 37.7 Å². The fourth-order valence-corrected chi connectivity index (χ4v) is 3.08. The minimum Gasteiger partial charge on any atom is -0.473 e. The molecule has 1 amide bonds. The molecule has 0 radical (unpaired) electrons. The second kappa shape index (κ2) is 11.1. The molecule has 1 aliphatic carbocycles. The first-order chi connectivity index (χ1) is 13.5. The molecule has 0 unspecified atom stereocenters. The van der Waals surface area contributed by atoms with Gasteiger partial charge in [-0.2, -0.15) is 0 Å². The predicted octanol–water partition coefficient (Wildman–Crippen LogP) is 1.36. The third-order valence-corrected chi connectivity index (χ3v) is 4.55. The third kappa shape index (κ3) is 7.43. The highest BCUT2D eigenvalue weighted by Gasteiger charge is 2.15. The van der Waals surface area contributed by atoms with Crippen molar-refractivity contribution >= 4 is 17.8 Å². The van der Waals surface area contributed by atoms with E-state index in [1.54, 1.807) is 0 Å². The van der Waals surface area contributed by atoms with Crippen molar-refractivity contribution in [2.45, 2.75) is 38.6 Å². The lowest BCUT2D eigenvalue weighted by atomic mass is 9.89. The van der Waals surface area contributed by atoms with E-state index < -0.39 is 11.9 Å². The van der Waals surface area contributed by atoms with Gasteiger partial charge in [-0.3, -0.25) is 4.79 Å². The van der Waals surface area contributed by atoms with Gasteiger partial charge in [-0.1, -0.05) is 25.3 Å². The van der Waals surface area contributed by atoms with Crippen LogP contribution in [0.5, 0.6) is 11.5 Å². The topological polar surface area (TPSA) is 134 Å². The number of fused-ring (bicyclic) bond motifs is 1. The molecular weight excluding hydrogens is 368 g/mol. The molecule has 28 heavy (non-hydrogen) atoms. The highest BCUT2D eigenvalue weighted by Crippen LogP contribution is 2.32. The summed E-state index contributed by atoms with van der Waals surface area (Å²) >= 11 is 0. The van der Waals surface area contributed by atoms with Crippen molar-refractivity contribution in [2.24, 2.45) is 5.92 Å². The summed E-state index contributed by atoms with van der Waals surface area (Å²) in [6.07, 6.45) is 6.48. The number of hydrogen-bond donors (Lipinski definition) is 4. The first-order valence-electron chi connectivity index (χ1n) is 9.28.